The van der Waals surface area contributed by atoms with Gasteiger partial charge in [0.25, 0.3) is 0 Å². The molecule has 0 aromatic heterocycles. The Morgan fingerprint density at radius 3 is 2.38 bits per heavy atom. The molecule has 0 amide bonds. The van der Waals surface area contributed by atoms with E-state index in [0.29, 0.717) is 12.0 Å². The van der Waals surface area contributed by atoms with E-state index in [-0.39, 0.29) is 75.7 Å². The number of halogens is 3. The summed E-state index contributed by atoms with van der Waals surface area (Å²) in [6, 6.07) is 9.44. The molecular formula is C14H15BF3KO2. The number of hydrogen-bond acceptors (Lipinski definition) is 2. The zero-order chi connectivity index (χ0) is 14.6. The molecule has 2 aromatic carbocycles. The summed E-state index contributed by atoms with van der Waals surface area (Å²) >= 11 is 0. The Balaban J connectivity index is 0.00000220. The van der Waals surface area contributed by atoms with Gasteiger partial charge in [0, 0.05) is 6.61 Å². The summed E-state index contributed by atoms with van der Waals surface area (Å²) in [5.41, 5.74) is -0.667. The maximum Gasteiger partial charge on any atom is 1.00 e. The third-order valence-corrected chi connectivity index (χ3v) is 2.95. The molecule has 0 aliphatic heterocycles. The maximum atomic E-state index is 13.3. The van der Waals surface area contributed by atoms with Gasteiger partial charge in [0.1, 0.15) is 6.61 Å². The fourth-order valence-electron chi connectivity index (χ4n) is 2.09. The third kappa shape index (κ3) is 4.97. The van der Waals surface area contributed by atoms with Crippen LogP contribution in [0.1, 0.15) is 6.92 Å². The van der Waals surface area contributed by atoms with E-state index in [4.69, 9.17) is 9.47 Å². The second-order valence-electron chi connectivity index (χ2n) is 4.32. The Bertz CT molecular complexity index is 590. The number of fused-ring (bicyclic) bond motifs is 1. The van der Waals surface area contributed by atoms with Crippen molar-refractivity contribution in [2.75, 3.05) is 19.8 Å². The summed E-state index contributed by atoms with van der Waals surface area (Å²) in [6.07, 6.45) is 0. The Labute approximate surface area is 164 Å². The molecule has 0 N–H and O–H groups in total. The predicted molar refractivity (Wildman–Crippen MR) is 74.6 cm³/mol. The summed E-state index contributed by atoms with van der Waals surface area (Å²) in [5.74, 6) is -0.129. The average molecular weight is 322 g/mol. The van der Waals surface area contributed by atoms with Gasteiger partial charge in [-0.25, -0.2) is 0 Å². The fourth-order valence-corrected chi connectivity index (χ4v) is 2.09. The fraction of sp³-hybridized carbons (Fsp3) is 0.286. The average Bonchev–Trinajstić information content (AvgIpc) is 2.41. The summed E-state index contributed by atoms with van der Waals surface area (Å²) < 4.78 is 50.2. The van der Waals surface area contributed by atoms with Gasteiger partial charge in [0.2, 0.25) is 0 Å². The first kappa shape index (κ1) is 19.0. The quantitative estimate of drug-likeness (QED) is 0.563. The van der Waals surface area contributed by atoms with E-state index in [2.05, 4.69) is 0 Å². The van der Waals surface area contributed by atoms with Crippen LogP contribution in [0.5, 0.6) is 5.75 Å². The third-order valence-electron chi connectivity index (χ3n) is 2.95. The molecule has 0 unspecified atom stereocenters. The van der Waals surface area contributed by atoms with Crippen LogP contribution in [0.15, 0.2) is 36.4 Å². The van der Waals surface area contributed by atoms with Crippen molar-refractivity contribution in [3.05, 3.63) is 36.4 Å². The normalized spacial score (nSPS) is 11.2. The van der Waals surface area contributed by atoms with E-state index in [1.165, 1.54) is 12.1 Å². The van der Waals surface area contributed by atoms with Crippen LogP contribution in [0.3, 0.4) is 0 Å². The maximum absolute atomic E-state index is 13.3. The van der Waals surface area contributed by atoms with Gasteiger partial charge < -0.3 is 22.4 Å². The van der Waals surface area contributed by atoms with E-state index in [1.54, 1.807) is 24.3 Å². The molecule has 108 valence electrons. The van der Waals surface area contributed by atoms with Crippen molar-refractivity contribution in [2.24, 2.45) is 0 Å². The van der Waals surface area contributed by atoms with Crippen LogP contribution in [-0.4, -0.2) is 26.8 Å². The van der Waals surface area contributed by atoms with Gasteiger partial charge in [-0.05, 0) is 23.8 Å². The van der Waals surface area contributed by atoms with Crippen molar-refractivity contribution in [3.63, 3.8) is 0 Å². The second kappa shape index (κ2) is 8.55. The molecule has 0 heterocycles. The van der Waals surface area contributed by atoms with Crippen molar-refractivity contribution in [1.29, 1.82) is 0 Å². The van der Waals surface area contributed by atoms with Crippen molar-refractivity contribution in [3.8, 4) is 5.75 Å². The molecule has 0 saturated carbocycles. The first-order valence-electron chi connectivity index (χ1n) is 6.46. The number of rotatable bonds is 6. The first-order valence-corrected chi connectivity index (χ1v) is 6.46. The first-order chi connectivity index (χ1) is 9.54. The molecule has 2 nitrogen and oxygen atoms in total. The molecule has 0 atom stereocenters. The Morgan fingerprint density at radius 1 is 1.00 bits per heavy atom. The molecule has 0 saturated heterocycles. The Kier molecular flexibility index (Phi) is 7.73. The summed E-state index contributed by atoms with van der Waals surface area (Å²) in [4.78, 5) is 0. The minimum atomic E-state index is -5.14. The molecule has 0 fully saturated rings. The van der Waals surface area contributed by atoms with Crippen LogP contribution in [0.25, 0.3) is 10.8 Å². The Hall–Kier alpha value is -0.0487. The van der Waals surface area contributed by atoms with Gasteiger partial charge >= 0.3 is 58.4 Å². The van der Waals surface area contributed by atoms with Gasteiger partial charge in [0.15, 0.2) is 0 Å². The van der Waals surface area contributed by atoms with Crippen molar-refractivity contribution in [1.82, 2.24) is 0 Å². The van der Waals surface area contributed by atoms with Crippen LogP contribution in [-0.2, 0) is 4.74 Å². The minimum absolute atomic E-state index is 0. The van der Waals surface area contributed by atoms with Crippen LogP contribution in [0, 0.1) is 0 Å². The molecule has 2 aromatic rings. The Morgan fingerprint density at radius 2 is 1.71 bits per heavy atom. The standard InChI is InChI=1S/C14H15BF3O2.K/c1-2-19-9-10-20-13-8-7-11-5-3-4-6-12(11)14(13)15(16,17)18;/h3-8H,2,9-10H2,1H3;/q-1;+1. The van der Waals surface area contributed by atoms with Gasteiger partial charge in [-0.2, -0.15) is 0 Å². The summed E-state index contributed by atoms with van der Waals surface area (Å²) in [7, 11) is 0. The molecule has 0 aliphatic carbocycles. The van der Waals surface area contributed by atoms with Crippen LogP contribution in [0.4, 0.5) is 12.9 Å². The zero-order valence-corrected chi connectivity index (χ0v) is 15.2. The minimum Gasteiger partial charge on any atom is -0.494 e. The van der Waals surface area contributed by atoms with E-state index in [1.807, 2.05) is 6.92 Å². The van der Waals surface area contributed by atoms with Crippen molar-refractivity contribution >= 4 is 23.2 Å². The molecule has 0 spiro atoms. The van der Waals surface area contributed by atoms with E-state index in [9.17, 15) is 12.9 Å². The topological polar surface area (TPSA) is 18.5 Å². The molecule has 0 radical (unpaired) electrons. The van der Waals surface area contributed by atoms with Gasteiger partial charge in [-0.1, -0.05) is 35.8 Å². The van der Waals surface area contributed by atoms with Gasteiger partial charge in [0.05, 0.1) is 12.4 Å². The summed E-state index contributed by atoms with van der Waals surface area (Å²) in [6.45, 7) is -2.44. The molecule has 0 aliphatic rings. The molecule has 2 rings (SSSR count). The molecular weight excluding hydrogens is 307 g/mol. The summed E-state index contributed by atoms with van der Waals surface area (Å²) in [5, 5.41) is 0.729. The molecule has 0 bridgehead atoms. The van der Waals surface area contributed by atoms with Gasteiger partial charge in [-0.3, -0.25) is 0 Å². The van der Waals surface area contributed by atoms with Crippen LogP contribution >= 0.6 is 0 Å². The molecule has 21 heavy (non-hydrogen) atoms. The van der Waals surface area contributed by atoms with Crippen molar-refractivity contribution < 1.29 is 73.8 Å². The monoisotopic (exact) mass is 322 g/mol. The molecule has 7 heteroatoms. The number of hydrogen-bond donors (Lipinski definition) is 0. The largest absolute Gasteiger partial charge is 1.00 e. The number of ether oxygens (including phenoxy) is 2. The van der Waals surface area contributed by atoms with Crippen molar-refractivity contribution in [2.45, 2.75) is 6.92 Å². The second-order valence-corrected chi connectivity index (χ2v) is 4.32. The SMILES string of the molecule is CCOCCOc1ccc2ccccc2c1[B-](F)(F)F.[K+]. The van der Waals surface area contributed by atoms with E-state index in [0.717, 1.165) is 0 Å². The van der Waals surface area contributed by atoms with Crippen LogP contribution < -0.4 is 61.6 Å². The zero-order valence-electron chi connectivity index (χ0n) is 12.1. The predicted octanol–water partition coefficient (Wildman–Crippen LogP) is 0.314. The van der Waals surface area contributed by atoms with E-state index < -0.39 is 12.4 Å². The van der Waals surface area contributed by atoms with Gasteiger partial charge in [-0.15, -0.1) is 0 Å². The number of benzene rings is 2. The van der Waals surface area contributed by atoms with Crippen LogP contribution in [0.2, 0.25) is 0 Å². The van der Waals surface area contributed by atoms with E-state index >= 15 is 0 Å². The smallest absolute Gasteiger partial charge is 0.494 e.